The van der Waals surface area contributed by atoms with Crippen molar-refractivity contribution in [3.8, 4) is 11.5 Å². The summed E-state index contributed by atoms with van der Waals surface area (Å²) in [7, 11) is 3.22. The molecule has 1 amide bonds. The minimum Gasteiger partial charge on any atom is -0.496 e. The molecule has 34 heavy (non-hydrogen) atoms. The quantitative estimate of drug-likeness (QED) is 0.516. The topological polar surface area (TPSA) is 92.7 Å². The van der Waals surface area contributed by atoms with E-state index >= 15 is 0 Å². The number of piperazine rings is 1. The van der Waals surface area contributed by atoms with Gasteiger partial charge in [0.15, 0.2) is 5.92 Å². The maximum absolute atomic E-state index is 13.1. The molecule has 2 aromatic rings. The van der Waals surface area contributed by atoms with Gasteiger partial charge in [-0.25, -0.2) is 4.99 Å². The molecule has 9 nitrogen and oxygen atoms in total. The molecule has 9 heteroatoms. The number of amides is 1. The van der Waals surface area contributed by atoms with E-state index in [4.69, 9.17) is 19.2 Å². The van der Waals surface area contributed by atoms with Crippen LogP contribution in [0.1, 0.15) is 18.5 Å². The maximum Gasteiger partial charge on any atom is 0.321 e. The van der Waals surface area contributed by atoms with E-state index in [1.807, 2.05) is 47.4 Å². The van der Waals surface area contributed by atoms with Crippen molar-refractivity contribution in [2.24, 2.45) is 10.9 Å². The van der Waals surface area contributed by atoms with Crippen molar-refractivity contribution < 1.29 is 23.8 Å². The molecule has 0 bridgehead atoms. The number of hydrogen-bond donors (Lipinski definition) is 1. The molecule has 2 heterocycles. The van der Waals surface area contributed by atoms with E-state index in [0.29, 0.717) is 30.4 Å². The largest absolute Gasteiger partial charge is 0.496 e. The van der Waals surface area contributed by atoms with Crippen LogP contribution in [0.25, 0.3) is 0 Å². The fraction of sp³-hybridized carbons (Fsp3) is 0.400. The highest BCUT2D eigenvalue weighted by atomic mass is 16.5. The van der Waals surface area contributed by atoms with E-state index in [0.717, 1.165) is 24.5 Å². The highest BCUT2D eigenvalue weighted by Crippen LogP contribution is 2.36. The van der Waals surface area contributed by atoms with Gasteiger partial charge >= 0.3 is 5.97 Å². The highest BCUT2D eigenvalue weighted by molar-refractivity contribution is 6.08. The van der Waals surface area contributed by atoms with Gasteiger partial charge in [-0.2, -0.15) is 0 Å². The molecule has 0 aromatic heterocycles. The second kappa shape index (κ2) is 10.5. The van der Waals surface area contributed by atoms with Crippen LogP contribution in [-0.2, 0) is 14.3 Å². The lowest BCUT2D eigenvalue weighted by Gasteiger charge is -2.40. The molecule has 1 N–H and O–H groups in total. The van der Waals surface area contributed by atoms with Crippen LogP contribution in [0.5, 0.6) is 11.5 Å². The molecule has 4 rings (SSSR count). The molecule has 2 atom stereocenters. The van der Waals surface area contributed by atoms with Crippen molar-refractivity contribution in [3.05, 3.63) is 54.1 Å². The number of nitrogens with zero attached hydrogens (tertiary/aromatic N) is 3. The van der Waals surface area contributed by atoms with E-state index in [2.05, 4.69) is 10.2 Å². The average molecular weight is 467 g/mol. The number of para-hydroxylation sites is 3. The number of ether oxygens (including phenoxy) is 3. The number of methoxy groups -OCH3 is 2. The molecule has 0 spiro atoms. The van der Waals surface area contributed by atoms with Crippen molar-refractivity contribution in [3.63, 3.8) is 0 Å². The molecule has 0 aliphatic carbocycles. The number of anilines is 1. The number of aliphatic imine (C=N–C) groups is 1. The molecule has 2 aliphatic rings. The smallest absolute Gasteiger partial charge is 0.321 e. The number of nitrogens with one attached hydrogen (secondary N) is 1. The number of carbonyl (C=O) groups is 2. The Labute approximate surface area is 199 Å². The SMILES string of the molecule is CCOC(=O)[C@H]1C(=O)NC(N2CCN(c3ccccc3OC)CC2)=N[C@@H]1c1ccccc1OC. The molecule has 1 saturated heterocycles. The van der Waals surface area contributed by atoms with Crippen molar-refractivity contribution >= 4 is 23.5 Å². The second-order valence-corrected chi connectivity index (χ2v) is 8.00. The van der Waals surface area contributed by atoms with Gasteiger partial charge in [-0.1, -0.05) is 30.3 Å². The zero-order valence-electron chi connectivity index (χ0n) is 19.7. The first-order valence-electron chi connectivity index (χ1n) is 11.4. The maximum atomic E-state index is 13.1. The van der Waals surface area contributed by atoms with E-state index < -0.39 is 23.8 Å². The van der Waals surface area contributed by atoms with E-state index in [1.54, 1.807) is 27.2 Å². The fourth-order valence-electron chi connectivity index (χ4n) is 4.41. The summed E-state index contributed by atoms with van der Waals surface area (Å²) in [4.78, 5) is 35.0. The van der Waals surface area contributed by atoms with Crippen LogP contribution in [-0.4, -0.2) is 69.7 Å². The van der Waals surface area contributed by atoms with Gasteiger partial charge in [0.05, 0.1) is 26.5 Å². The summed E-state index contributed by atoms with van der Waals surface area (Å²) in [6.07, 6.45) is 0. The van der Waals surface area contributed by atoms with Crippen LogP contribution >= 0.6 is 0 Å². The Morgan fingerprint density at radius 3 is 2.26 bits per heavy atom. The van der Waals surface area contributed by atoms with Crippen molar-refractivity contribution in [1.29, 1.82) is 0 Å². The molecule has 2 aromatic carbocycles. The van der Waals surface area contributed by atoms with Crippen LogP contribution in [0, 0.1) is 5.92 Å². The number of carbonyl (C=O) groups excluding carboxylic acids is 2. The summed E-state index contributed by atoms with van der Waals surface area (Å²) in [6.45, 7) is 4.67. The molecular formula is C25H30N4O5. The van der Waals surface area contributed by atoms with Crippen molar-refractivity contribution in [1.82, 2.24) is 10.2 Å². The fourth-order valence-corrected chi connectivity index (χ4v) is 4.41. The molecule has 2 aliphatic heterocycles. The standard InChI is InChI=1S/C25H30N4O5/c1-4-34-24(31)21-22(17-9-5-7-11-19(17)32-2)26-25(27-23(21)30)29-15-13-28(14-16-29)18-10-6-8-12-20(18)33-3/h5-12,21-22H,4,13-16H2,1-3H3,(H,26,27,30)/t21-,22-/m1/s1. The number of esters is 1. The summed E-state index contributed by atoms with van der Waals surface area (Å²) >= 11 is 0. The number of hydrogen-bond acceptors (Lipinski definition) is 8. The molecule has 0 unspecified atom stereocenters. The predicted molar refractivity (Wildman–Crippen MR) is 128 cm³/mol. The third-order valence-corrected chi connectivity index (χ3v) is 6.10. The Morgan fingerprint density at radius 2 is 1.59 bits per heavy atom. The Morgan fingerprint density at radius 1 is 0.971 bits per heavy atom. The van der Waals surface area contributed by atoms with Crippen LogP contribution in [0.15, 0.2) is 53.5 Å². The van der Waals surface area contributed by atoms with Crippen LogP contribution in [0.2, 0.25) is 0 Å². The Hall–Kier alpha value is -3.75. The average Bonchev–Trinajstić information content (AvgIpc) is 2.88. The van der Waals surface area contributed by atoms with Gasteiger partial charge in [-0.3, -0.25) is 14.9 Å². The van der Waals surface area contributed by atoms with E-state index in [1.165, 1.54) is 0 Å². The first kappa shape index (κ1) is 23.4. The van der Waals surface area contributed by atoms with E-state index in [9.17, 15) is 9.59 Å². The molecule has 1 fully saturated rings. The Balaban J connectivity index is 1.59. The zero-order valence-corrected chi connectivity index (χ0v) is 19.7. The zero-order chi connectivity index (χ0) is 24.1. The van der Waals surface area contributed by atoms with Crippen molar-refractivity contribution in [2.75, 3.05) is 51.9 Å². The van der Waals surface area contributed by atoms with Gasteiger partial charge in [0.25, 0.3) is 0 Å². The summed E-state index contributed by atoms with van der Waals surface area (Å²) in [5, 5.41) is 2.84. The van der Waals surface area contributed by atoms with Crippen LogP contribution in [0.4, 0.5) is 5.69 Å². The molecule has 0 radical (unpaired) electrons. The van der Waals surface area contributed by atoms with Crippen LogP contribution < -0.4 is 19.7 Å². The number of rotatable bonds is 6. The monoisotopic (exact) mass is 466 g/mol. The predicted octanol–water partition coefficient (Wildman–Crippen LogP) is 2.23. The first-order valence-corrected chi connectivity index (χ1v) is 11.4. The normalized spacial score (nSPS) is 20.3. The highest BCUT2D eigenvalue weighted by Gasteiger charge is 2.43. The van der Waals surface area contributed by atoms with Gasteiger partial charge in [-0.05, 0) is 25.1 Å². The third-order valence-electron chi connectivity index (χ3n) is 6.10. The molecular weight excluding hydrogens is 436 g/mol. The third kappa shape index (κ3) is 4.64. The van der Waals surface area contributed by atoms with Gasteiger partial charge in [0.1, 0.15) is 17.5 Å². The van der Waals surface area contributed by atoms with Gasteiger partial charge in [0.2, 0.25) is 11.9 Å². The summed E-state index contributed by atoms with van der Waals surface area (Å²) in [5.74, 6) is -0.254. The summed E-state index contributed by atoms with van der Waals surface area (Å²) in [5.41, 5.74) is 1.71. The van der Waals surface area contributed by atoms with Crippen LogP contribution in [0.3, 0.4) is 0 Å². The minimum atomic E-state index is -1.09. The Bertz CT molecular complexity index is 1060. The van der Waals surface area contributed by atoms with Gasteiger partial charge in [-0.15, -0.1) is 0 Å². The summed E-state index contributed by atoms with van der Waals surface area (Å²) in [6, 6.07) is 14.5. The lowest BCUT2D eigenvalue weighted by Crippen LogP contribution is -2.57. The number of guanidine groups is 1. The molecule has 180 valence electrons. The lowest BCUT2D eigenvalue weighted by atomic mass is 9.90. The number of benzene rings is 2. The molecule has 0 saturated carbocycles. The summed E-state index contributed by atoms with van der Waals surface area (Å²) < 4.78 is 16.2. The first-order chi connectivity index (χ1) is 16.6. The second-order valence-electron chi connectivity index (χ2n) is 8.00. The minimum absolute atomic E-state index is 0.183. The lowest BCUT2D eigenvalue weighted by molar-refractivity contribution is -0.153. The van der Waals surface area contributed by atoms with E-state index in [-0.39, 0.29) is 6.61 Å². The van der Waals surface area contributed by atoms with Gasteiger partial charge in [0, 0.05) is 31.7 Å². The Kier molecular flexibility index (Phi) is 7.20. The van der Waals surface area contributed by atoms with Crippen molar-refractivity contribution in [2.45, 2.75) is 13.0 Å². The van der Waals surface area contributed by atoms with Gasteiger partial charge < -0.3 is 24.0 Å².